The van der Waals surface area contributed by atoms with Crippen LogP contribution in [0.3, 0.4) is 0 Å². The third-order valence-corrected chi connectivity index (χ3v) is 4.12. The lowest BCUT2D eigenvalue weighted by atomic mass is 9.87. The molecule has 3 heteroatoms. The minimum Gasteiger partial charge on any atom is -0.467 e. The van der Waals surface area contributed by atoms with Gasteiger partial charge in [0.2, 0.25) is 0 Å². The van der Waals surface area contributed by atoms with Crippen LogP contribution >= 0.6 is 0 Å². The van der Waals surface area contributed by atoms with Crippen LogP contribution in [0, 0.1) is 5.92 Å². The van der Waals surface area contributed by atoms with Gasteiger partial charge in [-0.2, -0.15) is 0 Å². The molecule has 2 aliphatic rings. The van der Waals surface area contributed by atoms with Crippen molar-refractivity contribution in [1.29, 1.82) is 0 Å². The van der Waals surface area contributed by atoms with Crippen LogP contribution in [0.25, 0.3) is 0 Å². The number of epoxide rings is 1. The Morgan fingerprint density at radius 1 is 1.40 bits per heavy atom. The van der Waals surface area contributed by atoms with E-state index in [1.165, 1.54) is 13.5 Å². The molecule has 1 saturated heterocycles. The summed E-state index contributed by atoms with van der Waals surface area (Å²) in [6.45, 7) is 4.14. The number of methoxy groups -OCH3 is 1. The van der Waals surface area contributed by atoms with E-state index in [1.807, 2.05) is 6.92 Å². The van der Waals surface area contributed by atoms with E-state index in [1.54, 1.807) is 0 Å². The number of rotatable bonds is 1. The van der Waals surface area contributed by atoms with Crippen molar-refractivity contribution in [3.8, 4) is 0 Å². The molecule has 0 bridgehead atoms. The number of carbonyl (C=O) groups excluding carboxylic acids is 1. The average Bonchev–Trinajstić information content (AvgIpc) is 2.86. The Kier molecular flexibility index (Phi) is 2.53. The summed E-state index contributed by atoms with van der Waals surface area (Å²) in [5.74, 6) is 0.549. The highest BCUT2D eigenvalue weighted by Gasteiger charge is 2.71. The minimum atomic E-state index is -0.661. The van der Waals surface area contributed by atoms with Crippen molar-refractivity contribution in [1.82, 2.24) is 0 Å². The number of esters is 1. The summed E-state index contributed by atoms with van der Waals surface area (Å²) < 4.78 is 10.5. The molecule has 1 heterocycles. The molecule has 1 aliphatic heterocycles. The second-order valence-corrected chi connectivity index (χ2v) is 5.16. The molecule has 0 amide bonds. The van der Waals surface area contributed by atoms with Crippen LogP contribution in [0.5, 0.6) is 0 Å². The number of carbonyl (C=O) groups is 1. The molecule has 2 rings (SSSR count). The van der Waals surface area contributed by atoms with E-state index in [2.05, 4.69) is 6.92 Å². The smallest absolute Gasteiger partial charge is 0.340 e. The van der Waals surface area contributed by atoms with Gasteiger partial charge in [0, 0.05) is 0 Å². The van der Waals surface area contributed by atoms with E-state index in [0.29, 0.717) is 0 Å². The fraction of sp³-hybridized carbons (Fsp3) is 0.917. The summed E-state index contributed by atoms with van der Waals surface area (Å²) in [4.78, 5) is 11.6. The van der Waals surface area contributed by atoms with Crippen molar-refractivity contribution < 1.29 is 14.3 Å². The Balaban J connectivity index is 2.08. The molecule has 3 nitrogen and oxygen atoms in total. The third kappa shape index (κ3) is 1.57. The first-order valence-corrected chi connectivity index (χ1v) is 5.83. The van der Waals surface area contributed by atoms with Gasteiger partial charge in [0.15, 0.2) is 5.60 Å². The van der Waals surface area contributed by atoms with E-state index in [9.17, 15) is 4.79 Å². The molecule has 0 radical (unpaired) electrons. The zero-order chi connectivity index (χ0) is 11.1. The van der Waals surface area contributed by atoms with Crippen LogP contribution in [0.2, 0.25) is 0 Å². The molecule has 0 aromatic carbocycles. The molecule has 1 spiro atoms. The summed E-state index contributed by atoms with van der Waals surface area (Å²) >= 11 is 0. The number of hydrogen-bond donors (Lipinski definition) is 0. The summed E-state index contributed by atoms with van der Waals surface area (Å²) in [6.07, 6.45) is 5.57. The maximum atomic E-state index is 11.6. The fourth-order valence-corrected chi connectivity index (χ4v) is 2.85. The van der Waals surface area contributed by atoms with Gasteiger partial charge in [-0.15, -0.1) is 0 Å². The van der Waals surface area contributed by atoms with Crippen LogP contribution in [-0.2, 0) is 14.3 Å². The molecule has 1 saturated carbocycles. The van der Waals surface area contributed by atoms with Gasteiger partial charge in [-0.05, 0) is 32.1 Å². The number of ether oxygens (including phenoxy) is 2. The Morgan fingerprint density at radius 2 is 2.13 bits per heavy atom. The summed E-state index contributed by atoms with van der Waals surface area (Å²) in [5.41, 5.74) is -0.864. The third-order valence-electron chi connectivity index (χ3n) is 4.12. The van der Waals surface area contributed by atoms with Gasteiger partial charge in [-0.1, -0.05) is 19.8 Å². The molecule has 0 aromatic heterocycles. The standard InChI is InChI=1S/C12H20O3/c1-9-5-4-7-12(8-6-9)11(2,15-12)10(13)14-3/h9H,4-8H2,1-3H3. The van der Waals surface area contributed by atoms with Crippen LogP contribution < -0.4 is 0 Å². The van der Waals surface area contributed by atoms with Gasteiger partial charge < -0.3 is 9.47 Å². The lowest BCUT2D eigenvalue weighted by Crippen LogP contribution is -2.32. The topological polar surface area (TPSA) is 38.8 Å². The molecular weight excluding hydrogens is 192 g/mol. The quantitative estimate of drug-likeness (QED) is 0.494. The van der Waals surface area contributed by atoms with E-state index < -0.39 is 5.60 Å². The first kappa shape index (κ1) is 10.9. The normalized spacial score (nSPS) is 44.9. The van der Waals surface area contributed by atoms with Crippen LogP contribution in [0.4, 0.5) is 0 Å². The Morgan fingerprint density at radius 3 is 2.80 bits per heavy atom. The predicted octanol–water partition coefficient (Wildman–Crippen LogP) is 2.29. The van der Waals surface area contributed by atoms with E-state index in [0.717, 1.165) is 31.6 Å². The predicted molar refractivity (Wildman–Crippen MR) is 56.5 cm³/mol. The van der Waals surface area contributed by atoms with Gasteiger partial charge in [0.1, 0.15) is 5.60 Å². The SMILES string of the molecule is COC(=O)C1(C)OC12CCCC(C)CC2. The Hall–Kier alpha value is -0.570. The number of hydrogen-bond acceptors (Lipinski definition) is 3. The molecule has 86 valence electrons. The van der Waals surface area contributed by atoms with E-state index >= 15 is 0 Å². The molecule has 0 aromatic rings. The molecule has 3 atom stereocenters. The van der Waals surface area contributed by atoms with Gasteiger partial charge in [-0.3, -0.25) is 0 Å². The highest BCUT2D eigenvalue weighted by molar-refractivity contribution is 5.84. The highest BCUT2D eigenvalue weighted by Crippen LogP contribution is 2.56. The van der Waals surface area contributed by atoms with Crippen LogP contribution in [0.1, 0.15) is 46.0 Å². The maximum absolute atomic E-state index is 11.6. The summed E-state index contributed by atoms with van der Waals surface area (Å²) in [6, 6.07) is 0. The second-order valence-electron chi connectivity index (χ2n) is 5.16. The second kappa shape index (κ2) is 3.48. The van der Waals surface area contributed by atoms with Gasteiger partial charge >= 0.3 is 5.97 Å². The molecule has 3 unspecified atom stereocenters. The van der Waals surface area contributed by atoms with Crippen molar-refractivity contribution in [2.24, 2.45) is 5.92 Å². The van der Waals surface area contributed by atoms with E-state index in [-0.39, 0.29) is 11.6 Å². The molecule has 2 fully saturated rings. The highest BCUT2D eigenvalue weighted by atomic mass is 16.7. The fourth-order valence-electron chi connectivity index (χ4n) is 2.85. The zero-order valence-corrected chi connectivity index (χ0v) is 9.84. The van der Waals surface area contributed by atoms with Gasteiger partial charge in [0.25, 0.3) is 0 Å². The van der Waals surface area contributed by atoms with Gasteiger partial charge in [0.05, 0.1) is 7.11 Å². The van der Waals surface area contributed by atoms with Crippen molar-refractivity contribution >= 4 is 5.97 Å². The monoisotopic (exact) mass is 212 g/mol. The lowest BCUT2D eigenvalue weighted by molar-refractivity contribution is -0.146. The molecule has 1 aliphatic carbocycles. The van der Waals surface area contributed by atoms with Crippen molar-refractivity contribution in [3.05, 3.63) is 0 Å². The maximum Gasteiger partial charge on any atom is 0.340 e. The largest absolute Gasteiger partial charge is 0.467 e. The van der Waals surface area contributed by atoms with Crippen molar-refractivity contribution in [2.75, 3.05) is 7.11 Å². The molecule has 15 heavy (non-hydrogen) atoms. The minimum absolute atomic E-state index is 0.204. The van der Waals surface area contributed by atoms with Crippen LogP contribution in [0.15, 0.2) is 0 Å². The Bertz CT molecular complexity index is 276. The molecule has 0 N–H and O–H groups in total. The molecular formula is C12H20O3. The van der Waals surface area contributed by atoms with Gasteiger partial charge in [-0.25, -0.2) is 4.79 Å². The van der Waals surface area contributed by atoms with Crippen molar-refractivity contribution in [3.63, 3.8) is 0 Å². The Labute approximate surface area is 91.1 Å². The zero-order valence-electron chi connectivity index (χ0n) is 9.84. The average molecular weight is 212 g/mol. The first-order chi connectivity index (χ1) is 7.04. The summed E-state index contributed by atoms with van der Waals surface area (Å²) in [5, 5.41) is 0. The lowest BCUT2D eigenvalue weighted by Gasteiger charge is -2.12. The summed E-state index contributed by atoms with van der Waals surface area (Å²) in [7, 11) is 1.43. The first-order valence-electron chi connectivity index (χ1n) is 5.83. The van der Waals surface area contributed by atoms with Crippen LogP contribution in [-0.4, -0.2) is 24.3 Å². The van der Waals surface area contributed by atoms with Crippen molar-refractivity contribution in [2.45, 2.75) is 57.2 Å². The van der Waals surface area contributed by atoms with E-state index in [4.69, 9.17) is 9.47 Å².